The summed E-state index contributed by atoms with van der Waals surface area (Å²) in [5.41, 5.74) is 3.15. The largest absolute Gasteiger partial charge is 0.375 e. The van der Waals surface area contributed by atoms with E-state index in [1.54, 1.807) is 12.1 Å². The van der Waals surface area contributed by atoms with Crippen molar-refractivity contribution in [3.05, 3.63) is 52.5 Å². The van der Waals surface area contributed by atoms with E-state index in [0.29, 0.717) is 10.7 Å². The zero-order valence-electron chi connectivity index (χ0n) is 13.7. The van der Waals surface area contributed by atoms with E-state index in [2.05, 4.69) is 10.6 Å². The first-order valence-electron chi connectivity index (χ1n) is 7.27. The van der Waals surface area contributed by atoms with Gasteiger partial charge in [-0.05, 0) is 43.7 Å². The summed E-state index contributed by atoms with van der Waals surface area (Å²) in [6.07, 6.45) is 1.10. The third-order valence-electron chi connectivity index (χ3n) is 3.44. The van der Waals surface area contributed by atoms with Gasteiger partial charge in [0.15, 0.2) is 9.84 Å². The molecule has 0 aliphatic rings. The van der Waals surface area contributed by atoms with Crippen LogP contribution < -0.4 is 10.6 Å². The lowest BCUT2D eigenvalue weighted by Crippen LogP contribution is -2.23. The van der Waals surface area contributed by atoms with Gasteiger partial charge < -0.3 is 10.6 Å². The highest BCUT2D eigenvalue weighted by Gasteiger charge is 2.15. The summed E-state index contributed by atoms with van der Waals surface area (Å²) in [4.78, 5) is 12.2. The minimum Gasteiger partial charge on any atom is -0.375 e. The Labute approximate surface area is 147 Å². The number of rotatable bonds is 5. The predicted molar refractivity (Wildman–Crippen MR) is 97.6 cm³/mol. The lowest BCUT2D eigenvalue weighted by atomic mass is 10.1. The monoisotopic (exact) mass is 366 g/mol. The molecular weight excluding hydrogens is 348 g/mol. The molecule has 2 rings (SSSR count). The average Bonchev–Trinajstić information content (AvgIpc) is 2.48. The summed E-state index contributed by atoms with van der Waals surface area (Å²) in [5, 5.41) is 5.97. The van der Waals surface area contributed by atoms with Gasteiger partial charge in [-0.3, -0.25) is 4.79 Å². The lowest BCUT2D eigenvalue weighted by molar-refractivity contribution is -0.114. The molecule has 2 aromatic rings. The molecule has 2 aromatic carbocycles. The highest BCUT2D eigenvalue weighted by atomic mass is 35.5. The van der Waals surface area contributed by atoms with Gasteiger partial charge in [0.25, 0.3) is 0 Å². The fraction of sp³-hybridized carbons (Fsp3) is 0.235. The summed E-state index contributed by atoms with van der Waals surface area (Å²) in [6, 6.07) is 10.2. The third kappa shape index (κ3) is 4.72. The van der Waals surface area contributed by atoms with Crippen LogP contribution in [0.3, 0.4) is 0 Å². The normalized spacial score (nSPS) is 11.2. The fourth-order valence-corrected chi connectivity index (χ4v) is 3.39. The summed E-state index contributed by atoms with van der Waals surface area (Å²) in [6.45, 7) is 3.84. The average molecular weight is 367 g/mol. The molecule has 0 aliphatic heterocycles. The highest BCUT2D eigenvalue weighted by Crippen LogP contribution is 2.25. The van der Waals surface area contributed by atoms with Crippen LogP contribution in [0.25, 0.3) is 0 Å². The number of aryl methyl sites for hydroxylation is 2. The van der Waals surface area contributed by atoms with Crippen LogP contribution in [0.2, 0.25) is 5.02 Å². The SMILES string of the molecule is Cc1ccc(NC(=O)CNc2ccc(Cl)cc2S(C)(=O)=O)c(C)c1. The van der Waals surface area contributed by atoms with Gasteiger partial charge in [-0.25, -0.2) is 8.42 Å². The van der Waals surface area contributed by atoms with Crippen LogP contribution in [0.15, 0.2) is 41.3 Å². The molecule has 2 N–H and O–H groups in total. The molecule has 5 nitrogen and oxygen atoms in total. The molecule has 0 radical (unpaired) electrons. The summed E-state index contributed by atoms with van der Waals surface area (Å²) >= 11 is 5.85. The van der Waals surface area contributed by atoms with Crippen molar-refractivity contribution in [3.63, 3.8) is 0 Å². The second kappa shape index (κ2) is 7.23. The minimum atomic E-state index is -3.45. The van der Waals surface area contributed by atoms with Crippen molar-refractivity contribution < 1.29 is 13.2 Å². The minimum absolute atomic E-state index is 0.0581. The number of carbonyl (C=O) groups excluding carboxylic acids is 1. The van der Waals surface area contributed by atoms with Gasteiger partial charge in [0.05, 0.1) is 17.1 Å². The van der Waals surface area contributed by atoms with Crippen LogP contribution >= 0.6 is 11.6 Å². The Balaban J connectivity index is 2.10. The Kier molecular flexibility index (Phi) is 5.51. The first-order valence-corrected chi connectivity index (χ1v) is 9.54. The number of anilines is 2. The van der Waals surface area contributed by atoms with Crippen LogP contribution in [-0.2, 0) is 14.6 Å². The topological polar surface area (TPSA) is 75.3 Å². The third-order valence-corrected chi connectivity index (χ3v) is 4.81. The number of amides is 1. The maximum Gasteiger partial charge on any atom is 0.243 e. The van der Waals surface area contributed by atoms with Gasteiger partial charge in [-0.1, -0.05) is 29.3 Å². The van der Waals surface area contributed by atoms with Crippen molar-refractivity contribution >= 4 is 38.7 Å². The molecule has 0 aromatic heterocycles. The molecular formula is C17H19ClN2O3S. The van der Waals surface area contributed by atoms with Crippen LogP contribution in [0.5, 0.6) is 0 Å². The van der Waals surface area contributed by atoms with Crippen molar-refractivity contribution in [1.29, 1.82) is 0 Å². The molecule has 0 spiro atoms. The maximum absolute atomic E-state index is 12.1. The molecule has 0 aliphatic carbocycles. The molecule has 0 fully saturated rings. The van der Waals surface area contributed by atoms with Crippen LogP contribution in [0.1, 0.15) is 11.1 Å². The lowest BCUT2D eigenvalue weighted by Gasteiger charge is -2.13. The molecule has 0 saturated heterocycles. The summed E-state index contributed by atoms with van der Waals surface area (Å²) < 4.78 is 23.6. The predicted octanol–water partition coefficient (Wildman–Crippen LogP) is 3.41. The molecule has 1 amide bonds. The van der Waals surface area contributed by atoms with Crippen molar-refractivity contribution in [2.24, 2.45) is 0 Å². The number of nitrogens with one attached hydrogen (secondary N) is 2. The van der Waals surface area contributed by atoms with Gasteiger partial charge in [0.1, 0.15) is 0 Å². The van der Waals surface area contributed by atoms with E-state index in [4.69, 9.17) is 11.6 Å². The Morgan fingerprint density at radius 1 is 1.08 bits per heavy atom. The van der Waals surface area contributed by atoms with Gasteiger partial charge in [-0.2, -0.15) is 0 Å². The number of hydrogen-bond donors (Lipinski definition) is 2. The zero-order valence-corrected chi connectivity index (χ0v) is 15.3. The number of carbonyl (C=O) groups is 1. The van der Waals surface area contributed by atoms with Gasteiger partial charge in [-0.15, -0.1) is 0 Å². The van der Waals surface area contributed by atoms with Crippen LogP contribution in [0.4, 0.5) is 11.4 Å². The second-order valence-corrected chi connectivity index (χ2v) is 8.05. The van der Waals surface area contributed by atoms with E-state index in [0.717, 1.165) is 23.1 Å². The number of benzene rings is 2. The standard InChI is InChI=1S/C17H19ClN2O3S/c1-11-4-6-14(12(2)8-11)20-17(21)10-19-15-7-5-13(18)9-16(15)24(3,22)23/h4-9,19H,10H2,1-3H3,(H,20,21). The molecule has 0 unspecified atom stereocenters. The molecule has 0 atom stereocenters. The van der Waals surface area contributed by atoms with E-state index >= 15 is 0 Å². The molecule has 0 saturated carbocycles. The van der Waals surface area contributed by atoms with Crippen molar-refractivity contribution in [1.82, 2.24) is 0 Å². The molecule has 7 heteroatoms. The van der Waals surface area contributed by atoms with E-state index in [9.17, 15) is 13.2 Å². The smallest absolute Gasteiger partial charge is 0.243 e. The number of halogens is 1. The van der Waals surface area contributed by atoms with Crippen LogP contribution in [-0.4, -0.2) is 27.1 Å². The van der Waals surface area contributed by atoms with Crippen LogP contribution in [0, 0.1) is 13.8 Å². The number of sulfone groups is 1. The summed E-state index contributed by atoms with van der Waals surface area (Å²) in [7, 11) is -3.45. The van der Waals surface area contributed by atoms with Gasteiger partial charge in [0.2, 0.25) is 5.91 Å². The first-order chi connectivity index (χ1) is 11.2. The van der Waals surface area contributed by atoms with Gasteiger partial charge >= 0.3 is 0 Å². The first kappa shape index (κ1) is 18.3. The zero-order chi connectivity index (χ0) is 17.9. The van der Waals surface area contributed by atoms with Crippen molar-refractivity contribution in [2.45, 2.75) is 18.7 Å². The van der Waals surface area contributed by atoms with E-state index in [1.807, 2.05) is 32.0 Å². The number of hydrogen-bond acceptors (Lipinski definition) is 4. The maximum atomic E-state index is 12.1. The fourth-order valence-electron chi connectivity index (χ4n) is 2.27. The summed E-state index contributed by atoms with van der Waals surface area (Å²) in [5.74, 6) is -0.267. The van der Waals surface area contributed by atoms with Gasteiger partial charge in [0, 0.05) is 17.0 Å². The molecule has 0 bridgehead atoms. The van der Waals surface area contributed by atoms with Crippen molar-refractivity contribution in [3.8, 4) is 0 Å². The molecule has 0 heterocycles. The van der Waals surface area contributed by atoms with Crippen molar-refractivity contribution in [2.75, 3.05) is 23.4 Å². The Morgan fingerprint density at radius 3 is 2.38 bits per heavy atom. The Morgan fingerprint density at radius 2 is 1.75 bits per heavy atom. The Hall–Kier alpha value is -2.05. The second-order valence-electron chi connectivity index (χ2n) is 5.63. The van der Waals surface area contributed by atoms with E-state index in [-0.39, 0.29) is 17.3 Å². The van der Waals surface area contributed by atoms with E-state index < -0.39 is 9.84 Å². The molecule has 24 heavy (non-hydrogen) atoms. The molecule has 128 valence electrons. The Bertz CT molecular complexity index is 879. The highest BCUT2D eigenvalue weighted by molar-refractivity contribution is 7.90. The van der Waals surface area contributed by atoms with E-state index in [1.165, 1.54) is 6.07 Å². The quantitative estimate of drug-likeness (QED) is 0.850.